The number of unbranched alkanes of at least 4 members (excludes halogenated alkanes) is 1. The van der Waals surface area contributed by atoms with Crippen LogP contribution in [0.3, 0.4) is 0 Å². The third-order valence-electron chi connectivity index (χ3n) is 4.70. The lowest BCUT2D eigenvalue weighted by Crippen LogP contribution is -2.31. The SMILES string of the molecule is O=C1c2ccccc2C(=O)N1CCCCN1C[C@@H](CO)[C@@H](O)C1. The van der Waals surface area contributed by atoms with Gasteiger partial charge in [0, 0.05) is 32.2 Å². The minimum atomic E-state index is -0.462. The number of carbonyl (C=O) groups is 2. The average molecular weight is 318 g/mol. The van der Waals surface area contributed by atoms with Gasteiger partial charge in [0.15, 0.2) is 0 Å². The van der Waals surface area contributed by atoms with Gasteiger partial charge in [-0.1, -0.05) is 12.1 Å². The molecule has 1 aromatic carbocycles. The predicted molar refractivity (Wildman–Crippen MR) is 84.1 cm³/mol. The van der Waals surface area contributed by atoms with E-state index in [-0.39, 0.29) is 24.3 Å². The van der Waals surface area contributed by atoms with Crippen LogP contribution in [-0.4, -0.2) is 70.7 Å². The molecule has 0 aliphatic carbocycles. The number of likely N-dealkylation sites (tertiary alicyclic amines) is 1. The van der Waals surface area contributed by atoms with Crippen LogP contribution in [0.15, 0.2) is 24.3 Å². The third-order valence-corrected chi connectivity index (χ3v) is 4.70. The number of benzene rings is 1. The van der Waals surface area contributed by atoms with E-state index in [0.717, 1.165) is 19.4 Å². The summed E-state index contributed by atoms with van der Waals surface area (Å²) in [5.41, 5.74) is 0.983. The molecule has 3 rings (SSSR count). The highest BCUT2D eigenvalue weighted by Crippen LogP contribution is 2.23. The van der Waals surface area contributed by atoms with E-state index in [4.69, 9.17) is 5.11 Å². The van der Waals surface area contributed by atoms with E-state index in [2.05, 4.69) is 4.90 Å². The molecule has 1 aromatic rings. The second-order valence-corrected chi connectivity index (χ2v) is 6.28. The van der Waals surface area contributed by atoms with Gasteiger partial charge in [-0.2, -0.15) is 0 Å². The summed E-state index contributed by atoms with van der Waals surface area (Å²) in [6, 6.07) is 6.92. The topological polar surface area (TPSA) is 81.1 Å². The zero-order valence-electron chi connectivity index (χ0n) is 13.0. The summed E-state index contributed by atoms with van der Waals surface area (Å²) in [5.74, 6) is -0.476. The van der Waals surface area contributed by atoms with Crippen molar-refractivity contribution in [3.05, 3.63) is 35.4 Å². The highest BCUT2D eigenvalue weighted by atomic mass is 16.3. The van der Waals surface area contributed by atoms with Gasteiger partial charge in [0.25, 0.3) is 11.8 Å². The molecular weight excluding hydrogens is 296 g/mol. The molecule has 6 heteroatoms. The molecule has 0 aromatic heterocycles. The molecule has 2 atom stereocenters. The van der Waals surface area contributed by atoms with Crippen molar-refractivity contribution < 1.29 is 19.8 Å². The third kappa shape index (κ3) is 3.15. The minimum Gasteiger partial charge on any atom is -0.396 e. The fourth-order valence-electron chi connectivity index (χ4n) is 3.35. The first-order chi connectivity index (χ1) is 11.1. The van der Waals surface area contributed by atoms with Crippen molar-refractivity contribution in [2.24, 2.45) is 5.92 Å². The molecule has 2 aliphatic heterocycles. The van der Waals surface area contributed by atoms with Crippen LogP contribution in [-0.2, 0) is 0 Å². The second-order valence-electron chi connectivity index (χ2n) is 6.28. The van der Waals surface area contributed by atoms with Gasteiger partial charge >= 0.3 is 0 Å². The van der Waals surface area contributed by atoms with E-state index in [1.165, 1.54) is 4.90 Å². The summed E-state index contributed by atoms with van der Waals surface area (Å²) in [6.07, 6.45) is 1.12. The molecule has 0 saturated carbocycles. The molecule has 23 heavy (non-hydrogen) atoms. The largest absolute Gasteiger partial charge is 0.396 e. The lowest BCUT2D eigenvalue weighted by atomic mass is 10.1. The van der Waals surface area contributed by atoms with Crippen molar-refractivity contribution >= 4 is 11.8 Å². The lowest BCUT2D eigenvalue weighted by molar-refractivity contribution is 0.0650. The quantitative estimate of drug-likeness (QED) is 0.584. The van der Waals surface area contributed by atoms with Crippen LogP contribution in [0.2, 0.25) is 0 Å². The van der Waals surface area contributed by atoms with Crippen LogP contribution in [0, 0.1) is 5.92 Å². The summed E-state index contributed by atoms with van der Waals surface area (Å²) in [6.45, 7) is 2.51. The number of carbonyl (C=O) groups excluding carboxylic acids is 2. The van der Waals surface area contributed by atoms with Crippen LogP contribution in [0.1, 0.15) is 33.6 Å². The van der Waals surface area contributed by atoms with Crippen LogP contribution in [0.4, 0.5) is 0 Å². The van der Waals surface area contributed by atoms with E-state index in [9.17, 15) is 14.7 Å². The molecule has 6 nitrogen and oxygen atoms in total. The van der Waals surface area contributed by atoms with E-state index in [1.807, 2.05) is 0 Å². The molecule has 2 amide bonds. The van der Waals surface area contributed by atoms with Crippen molar-refractivity contribution in [3.63, 3.8) is 0 Å². The Morgan fingerprint density at radius 2 is 1.61 bits per heavy atom. The normalized spacial score (nSPS) is 24.5. The fourth-order valence-corrected chi connectivity index (χ4v) is 3.35. The predicted octanol–water partition coefficient (Wildman–Crippen LogP) is 0.348. The Kier molecular flexibility index (Phi) is 4.75. The smallest absolute Gasteiger partial charge is 0.261 e. The Bertz CT molecular complexity index is 569. The van der Waals surface area contributed by atoms with Crippen molar-refractivity contribution in [3.8, 4) is 0 Å². The number of imide groups is 1. The zero-order valence-corrected chi connectivity index (χ0v) is 13.0. The molecule has 2 N–H and O–H groups in total. The molecule has 2 aliphatic rings. The van der Waals surface area contributed by atoms with Gasteiger partial charge in [-0.25, -0.2) is 0 Å². The van der Waals surface area contributed by atoms with E-state index >= 15 is 0 Å². The van der Waals surface area contributed by atoms with E-state index < -0.39 is 6.10 Å². The molecule has 0 spiro atoms. The first kappa shape index (κ1) is 16.1. The van der Waals surface area contributed by atoms with Gasteiger partial charge < -0.3 is 15.1 Å². The van der Waals surface area contributed by atoms with Crippen LogP contribution >= 0.6 is 0 Å². The van der Waals surface area contributed by atoms with Crippen LogP contribution < -0.4 is 0 Å². The highest BCUT2D eigenvalue weighted by molar-refractivity contribution is 6.21. The maximum atomic E-state index is 12.2. The Morgan fingerprint density at radius 3 is 2.17 bits per heavy atom. The van der Waals surface area contributed by atoms with Gasteiger partial charge in [-0.05, 0) is 31.5 Å². The maximum Gasteiger partial charge on any atom is 0.261 e. The minimum absolute atomic E-state index is 0.00665. The number of rotatable bonds is 6. The molecule has 0 radical (unpaired) electrons. The van der Waals surface area contributed by atoms with Crippen molar-refractivity contribution in [2.75, 3.05) is 32.8 Å². The first-order valence-electron chi connectivity index (χ1n) is 8.08. The number of nitrogens with zero attached hydrogens (tertiary/aromatic N) is 2. The lowest BCUT2D eigenvalue weighted by Gasteiger charge is -2.17. The molecular formula is C17H22N2O4. The number of hydrogen-bond acceptors (Lipinski definition) is 5. The molecule has 0 bridgehead atoms. The van der Waals surface area contributed by atoms with Crippen LogP contribution in [0.25, 0.3) is 0 Å². The number of hydrogen-bond donors (Lipinski definition) is 2. The number of β-amino-alcohol motifs (C(OH)–C–C–N with tert-alkyl or cyclic N) is 1. The van der Waals surface area contributed by atoms with Gasteiger partial charge in [-0.15, -0.1) is 0 Å². The summed E-state index contributed by atoms with van der Waals surface area (Å²) in [7, 11) is 0. The van der Waals surface area contributed by atoms with Gasteiger partial charge in [0.2, 0.25) is 0 Å². The maximum absolute atomic E-state index is 12.2. The summed E-state index contributed by atoms with van der Waals surface area (Å²) in [5, 5.41) is 18.9. The molecule has 2 heterocycles. The Morgan fingerprint density at radius 1 is 1.00 bits per heavy atom. The van der Waals surface area contributed by atoms with Gasteiger partial charge in [0.1, 0.15) is 0 Å². The number of aliphatic hydroxyl groups is 2. The molecule has 124 valence electrons. The molecule has 0 unspecified atom stereocenters. The summed E-state index contributed by atoms with van der Waals surface area (Å²) >= 11 is 0. The fraction of sp³-hybridized carbons (Fsp3) is 0.529. The first-order valence-corrected chi connectivity index (χ1v) is 8.08. The molecule has 1 saturated heterocycles. The van der Waals surface area contributed by atoms with Crippen molar-refractivity contribution in [2.45, 2.75) is 18.9 Å². The summed E-state index contributed by atoms with van der Waals surface area (Å²) < 4.78 is 0. The van der Waals surface area contributed by atoms with Gasteiger partial charge in [0.05, 0.1) is 17.2 Å². The van der Waals surface area contributed by atoms with Gasteiger partial charge in [-0.3, -0.25) is 14.5 Å². The second kappa shape index (κ2) is 6.78. The Hall–Kier alpha value is -1.76. The zero-order chi connectivity index (χ0) is 16.4. The average Bonchev–Trinajstić information content (AvgIpc) is 3.04. The van der Waals surface area contributed by atoms with E-state index in [0.29, 0.717) is 30.8 Å². The van der Waals surface area contributed by atoms with Crippen LogP contribution in [0.5, 0.6) is 0 Å². The Balaban J connectivity index is 1.46. The standard InChI is InChI=1S/C17H22N2O4/c20-11-12-9-18(10-15(12)21)7-3-4-8-19-16(22)13-5-1-2-6-14(13)17(19)23/h1-2,5-6,12,15,20-21H,3-4,7-11H2/t12-,15-/m0/s1. The molecule has 1 fully saturated rings. The highest BCUT2D eigenvalue weighted by Gasteiger charge is 2.34. The number of amides is 2. The summed E-state index contributed by atoms with van der Waals surface area (Å²) in [4.78, 5) is 27.9. The van der Waals surface area contributed by atoms with E-state index in [1.54, 1.807) is 24.3 Å². The van der Waals surface area contributed by atoms with Crippen molar-refractivity contribution in [1.29, 1.82) is 0 Å². The number of aliphatic hydroxyl groups excluding tert-OH is 2. The number of fused-ring (bicyclic) bond motifs is 1. The van der Waals surface area contributed by atoms with Crippen molar-refractivity contribution in [1.82, 2.24) is 9.80 Å². The Labute approximate surface area is 135 Å². The monoisotopic (exact) mass is 318 g/mol.